The van der Waals surface area contributed by atoms with E-state index in [1.807, 2.05) is 29.2 Å². The van der Waals surface area contributed by atoms with E-state index in [0.29, 0.717) is 6.42 Å². The molecule has 1 aliphatic heterocycles. The Morgan fingerprint density at radius 1 is 1.20 bits per heavy atom. The van der Waals surface area contributed by atoms with Crippen LogP contribution < -0.4 is 4.74 Å². The van der Waals surface area contributed by atoms with Crippen molar-refractivity contribution in [1.82, 2.24) is 9.80 Å². The number of carbonyl (C=O) groups is 1. The molecule has 0 N–H and O–H groups in total. The summed E-state index contributed by atoms with van der Waals surface area (Å²) in [7, 11) is 1.65. The molecular weight excluding hydrogens is 320 g/mol. The average molecular weight is 341 g/mol. The van der Waals surface area contributed by atoms with E-state index in [-0.39, 0.29) is 5.91 Å². The first-order valence-electron chi connectivity index (χ1n) is 6.92. The van der Waals surface area contributed by atoms with Crippen LogP contribution in [0, 0.1) is 0 Å². The van der Waals surface area contributed by atoms with Crippen molar-refractivity contribution in [1.29, 1.82) is 0 Å². The molecule has 0 unspecified atom stereocenters. The van der Waals surface area contributed by atoms with Gasteiger partial charge in [0.2, 0.25) is 5.91 Å². The van der Waals surface area contributed by atoms with Crippen LogP contribution in [0.3, 0.4) is 0 Å². The van der Waals surface area contributed by atoms with E-state index < -0.39 is 0 Å². The van der Waals surface area contributed by atoms with E-state index in [1.54, 1.807) is 7.11 Å². The summed E-state index contributed by atoms with van der Waals surface area (Å²) in [6.07, 6.45) is 0.475. The molecule has 2 rings (SSSR count). The predicted molar refractivity (Wildman–Crippen MR) is 83.5 cm³/mol. The molecular formula is C15H21BrN2O2. The Hall–Kier alpha value is -1.07. The van der Waals surface area contributed by atoms with Gasteiger partial charge in [0, 0.05) is 38.1 Å². The first-order chi connectivity index (χ1) is 9.72. The lowest BCUT2D eigenvalue weighted by Crippen LogP contribution is -2.49. The van der Waals surface area contributed by atoms with Crippen molar-refractivity contribution < 1.29 is 9.53 Å². The Balaban J connectivity index is 1.83. The van der Waals surface area contributed by atoms with Crippen LogP contribution in [0.1, 0.15) is 5.56 Å². The first kappa shape index (κ1) is 15.3. The zero-order chi connectivity index (χ0) is 14.4. The smallest absolute Gasteiger partial charge is 0.227 e. The van der Waals surface area contributed by atoms with Gasteiger partial charge in [-0.05, 0) is 17.7 Å². The van der Waals surface area contributed by atoms with E-state index in [0.717, 1.165) is 49.4 Å². The summed E-state index contributed by atoms with van der Waals surface area (Å²) in [6.45, 7) is 4.67. The summed E-state index contributed by atoms with van der Waals surface area (Å²) >= 11 is 3.45. The number of carbonyl (C=O) groups excluding carboxylic acids is 1. The van der Waals surface area contributed by atoms with E-state index in [4.69, 9.17) is 4.74 Å². The average Bonchev–Trinajstić information content (AvgIpc) is 2.49. The van der Waals surface area contributed by atoms with Crippen LogP contribution >= 0.6 is 15.9 Å². The van der Waals surface area contributed by atoms with Crippen LogP contribution in [0.5, 0.6) is 5.75 Å². The fourth-order valence-corrected chi connectivity index (χ4v) is 2.87. The normalized spacial score (nSPS) is 16.2. The highest BCUT2D eigenvalue weighted by molar-refractivity contribution is 9.09. The van der Waals surface area contributed by atoms with E-state index in [2.05, 4.69) is 20.8 Å². The number of alkyl halides is 1. The van der Waals surface area contributed by atoms with Gasteiger partial charge in [-0.3, -0.25) is 9.69 Å². The molecule has 1 aromatic carbocycles. The highest BCUT2D eigenvalue weighted by Gasteiger charge is 2.20. The molecule has 0 atom stereocenters. The maximum Gasteiger partial charge on any atom is 0.227 e. The van der Waals surface area contributed by atoms with Gasteiger partial charge in [-0.15, -0.1) is 0 Å². The molecule has 1 amide bonds. The van der Waals surface area contributed by atoms with Crippen molar-refractivity contribution in [3.63, 3.8) is 0 Å². The summed E-state index contributed by atoms with van der Waals surface area (Å²) in [5, 5.41) is 0.993. The largest absolute Gasteiger partial charge is 0.497 e. The standard InChI is InChI=1S/C15H21BrN2O2/c1-20-14-4-2-13(3-5-14)12-15(19)18-10-8-17(7-6-16)9-11-18/h2-5H,6-12H2,1H3. The number of halogens is 1. The molecule has 4 nitrogen and oxygen atoms in total. The second-order valence-corrected chi connectivity index (χ2v) is 5.73. The van der Waals surface area contributed by atoms with Gasteiger partial charge < -0.3 is 9.64 Å². The zero-order valence-corrected chi connectivity index (χ0v) is 13.4. The molecule has 5 heteroatoms. The SMILES string of the molecule is COc1ccc(CC(=O)N2CCN(CCBr)CC2)cc1. The topological polar surface area (TPSA) is 32.8 Å². The second kappa shape index (κ2) is 7.64. The highest BCUT2D eigenvalue weighted by Crippen LogP contribution is 2.13. The van der Waals surface area contributed by atoms with Crippen LogP contribution in [0.25, 0.3) is 0 Å². The number of amides is 1. The van der Waals surface area contributed by atoms with Crippen molar-refractivity contribution in [2.24, 2.45) is 0 Å². The Morgan fingerprint density at radius 3 is 2.40 bits per heavy atom. The van der Waals surface area contributed by atoms with E-state index >= 15 is 0 Å². The molecule has 20 heavy (non-hydrogen) atoms. The highest BCUT2D eigenvalue weighted by atomic mass is 79.9. The fourth-order valence-electron chi connectivity index (χ4n) is 2.37. The number of ether oxygens (including phenoxy) is 1. The molecule has 110 valence electrons. The summed E-state index contributed by atoms with van der Waals surface area (Å²) in [5.74, 6) is 1.04. The zero-order valence-electron chi connectivity index (χ0n) is 11.8. The number of hydrogen-bond acceptors (Lipinski definition) is 3. The molecule has 1 heterocycles. The Bertz CT molecular complexity index is 428. The quantitative estimate of drug-likeness (QED) is 0.766. The molecule has 0 saturated carbocycles. The molecule has 1 fully saturated rings. The number of hydrogen-bond donors (Lipinski definition) is 0. The molecule has 0 spiro atoms. The summed E-state index contributed by atoms with van der Waals surface area (Å²) < 4.78 is 5.12. The Morgan fingerprint density at radius 2 is 1.85 bits per heavy atom. The number of rotatable bonds is 5. The van der Waals surface area contributed by atoms with Crippen molar-refractivity contribution >= 4 is 21.8 Å². The summed E-state index contributed by atoms with van der Waals surface area (Å²) in [5.41, 5.74) is 1.04. The monoisotopic (exact) mass is 340 g/mol. The van der Waals surface area contributed by atoms with Crippen LogP contribution in [0.2, 0.25) is 0 Å². The van der Waals surface area contributed by atoms with Gasteiger partial charge >= 0.3 is 0 Å². The third-order valence-electron chi connectivity index (χ3n) is 3.64. The molecule has 1 aromatic rings. The van der Waals surface area contributed by atoms with Gasteiger partial charge in [-0.2, -0.15) is 0 Å². The van der Waals surface area contributed by atoms with Crippen molar-refractivity contribution in [3.05, 3.63) is 29.8 Å². The Labute approximate surface area is 128 Å². The van der Waals surface area contributed by atoms with Crippen molar-refractivity contribution in [2.45, 2.75) is 6.42 Å². The lowest BCUT2D eigenvalue weighted by molar-refractivity contribution is -0.132. The minimum absolute atomic E-state index is 0.216. The molecule has 0 radical (unpaired) electrons. The summed E-state index contributed by atoms with van der Waals surface area (Å²) in [6, 6.07) is 7.71. The van der Waals surface area contributed by atoms with Crippen LogP contribution in [0.4, 0.5) is 0 Å². The van der Waals surface area contributed by atoms with Gasteiger partial charge in [0.25, 0.3) is 0 Å². The lowest BCUT2D eigenvalue weighted by atomic mass is 10.1. The summed E-state index contributed by atoms with van der Waals surface area (Å²) in [4.78, 5) is 16.6. The maximum absolute atomic E-state index is 12.3. The number of benzene rings is 1. The van der Waals surface area contributed by atoms with Gasteiger partial charge in [0.1, 0.15) is 5.75 Å². The third kappa shape index (κ3) is 4.21. The molecule has 0 bridgehead atoms. The predicted octanol–water partition coefficient (Wildman–Crippen LogP) is 1.78. The minimum atomic E-state index is 0.216. The van der Waals surface area contributed by atoms with Crippen LogP contribution in [-0.4, -0.2) is 60.9 Å². The van der Waals surface area contributed by atoms with Crippen LogP contribution in [-0.2, 0) is 11.2 Å². The van der Waals surface area contributed by atoms with Gasteiger partial charge in [-0.1, -0.05) is 28.1 Å². The molecule has 0 aliphatic carbocycles. The minimum Gasteiger partial charge on any atom is -0.497 e. The molecule has 1 saturated heterocycles. The Kier molecular flexibility index (Phi) is 5.86. The first-order valence-corrected chi connectivity index (χ1v) is 8.04. The lowest BCUT2D eigenvalue weighted by Gasteiger charge is -2.34. The van der Waals surface area contributed by atoms with Crippen molar-refractivity contribution in [3.8, 4) is 5.75 Å². The van der Waals surface area contributed by atoms with Gasteiger partial charge in [-0.25, -0.2) is 0 Å². The van der Waals surface area contributed by atoms with Crippen LogP contribution in [0.15, 0.2) is 24.3 Å². The number of methoxy groups -OCH3 is 1. The van der Waals surface area contributed by atoms with Gasteiger partial charge in [0.15, 0.2) is 0 Å². The second-order valence-electron chi connectivity index (χ2n) is 4.94. The maximum atomic E-state index is 12.3. The van der Waals surface area contributed by atoms with Crippen molar-refractivity contribution in [2.75, 3.05) is 45.2 Å². The number of nitrogens with zero attached hydrogens (tertiary/aromatic N) is 2. The van der Waals surface area contributed by atoms with E-state index in [9.17, 15) is 4.79 Å². The van der Waals surface area contributed by atoms with E-state index in [1.165, 1.54) is 0 Å². The fraction of sp³-hybridized carbons (Fsp3) is 0.533. The molecule has 1 aliphatic rings. The molecule has 0 aromatic heterocycles. The van der Waals surface area contributed by atoms with Gasteiger partial charge in [0.05, 0.1) is 13.5 Å². The third-order valence-corrected chi connectivity index (χ3v) is 3.99. The number of piperazine rings is 1.